The van der Waals surface area contributed by atoms with Crippen molar-refractivity contribution < 1.29 is 14.3 Å². The van der Waals surface area contributed by atoms with Crippen LogP contribution in [-0.4, -0.2) is 18.4 Å². The van der Waals surface area contributed by atoms with E-state index < -0.39 is 5.97 Å². The van der Waals surface area contributed by atoms with Crippen molar-refractivity contribution in [1.29, 1.82) is 0 Å². The lowest BCUT2D eigenvalue weighted by molar-refractivity contribution is -0.145. The molecule has 0 aliphatic heterocycles. The highest BCUT2D eigenvalue weighted by molar-refractivity contribution is 6.42. The summed E-state index contributed by atoms with van der Waals surface area (Å²) in [5.41, 5.74) is 0.751. The van der Waals surface area contributed by atoms with Crippen LogP contribution in [0, 0.1) is 5.92 Å². The average molecular weight is 344 g/mol. The molecular formula is C16H19Cl2NO3. The molecule has 1 aliphatic rings. The number of hydrogen-bond acceptors (Lipinski definition) is 3. The van der Waals surface area contributed by atoms with Gasteiger partial charge in [-0.15, -0.1) is 0 Å². The van der Waals surface area contributed by atoms with Crippen LogP contribution < -0.4 is 5.32 Å². The summed E-state index contributed by atoms with van der Waals surface area (Å²) >= 11 is 11.7. The van der Waals surface area contributed by atoms with E-state index in [1.807, 2.05) is 0 Å². The molecule has 2 rings (SSSR count). The molecule has 1 fully saturated rings. The number of benzene rings is 1. The Bertz CT molecular complexity index is 542. The van der Waals surface area contributed by atoms with Gasteiger partial charge in [-0.25, -0.2) is 0 Å². The van der Waals surface area contributed by atoms with Crippen molar-refractivity contribution in [2.45, 2.75) is 38.7 Å². The molecule has 0 bridgehead atoms. The third kappa shape index (κ3) is 5.18. The molecule has 6 heteroatoms. The number of nitrogens with one attached hydrogen (secondary N) is 1. The molecule has 1 saturated carbocycles. The van der Waals surface area contributed by atoms with E-state index in [0.29, 0.717) is 10.0 Å². The monoisotopic (exact) mass is 343 g/mol. The maximum Gasteiger partial charge on any atom is 0.325 e. The van der Waals surface area contributed by atoms with Crippen molar-refractivity contribution in [3.8, 4) is 0 Å². The van der Waals surface area contributed by atoms with E-state index in [1.165, 1.54) is 6.42 Å². The lowest BCUT2D eigenvalue weighted by Crippen LogP contribution is -2.36. The summed E-state index contributed by atoms with van der Waals surface area (Å²) in [6.45, 7) is 0.00563. The third-order valence-electron chi connectivity index (χ3n) is 3.77. The van der Waals surface area contributed by atoms with Gasteiger partial charge in [0.25, 0.3) is 0 Å². The molecule has 1 aromatic rings. The third-order valence-corrected chi connectivity index (χ3v) is 4.51. The van der Waals surface area contributed by atoms with Crippen molar-refractivity contribution >= 4 is 35.1 Å². The number of halogens is 2. The minimum atomic E-state index is -0.463. The van der Waals surface area contributed by atoms with Gasteiger partial charge in [0, 0.05) is 5.92 Å². The Morgan fingerprint density at radius 2 is 1.86 bits per heavy atom. The second-order valence-electron chi connectivity index (χ2n) is 5.46. The van der Waals surface area contributed by atoms with Gasteiger partial charge in [-0.2, -0.15) is 0 Å². The van der Waals surface area contributed by atoms with Gasteiger partial charge < -0.3 is 10.1 Å². The smallest absolute Gasteiger partial charge is 0.325 e. The summed E-state index contributed by atoms with van der Waals surface area (Å²) < 4.78 is 5.11. The van der Waals surface area contributed by atoms with Crippen LogP contribution in [0.5, 0.6) is 0 Å². The zero-order valence-electron chi connectivity index (χ0n) is 12.2. The maximum absolute atomic E-state index is 11.9. The zero-order chi connectivity index (χ0) is 15.9. The van der Waals surface area contributed by atoms with E-state index in [2.05, 4.69) is 5.32 Å². The summed E-state index contributed by atoms with van der Waals surface area (Å²) in [5.74, 6) is -0.474. The Morgan fingerprint density at radius 1 is 1.14 bits per heavy atom. The number of ether oxygens (including phenoxy) is 1. The molecule has 1 aliphatic carbocycles. The Balaban J connectivity index is 1.71. The van der Waals surface area contributed by atoms with Crippen LogP contribution in [0.25, 0.3) is 0 Å². The van der Waals surface area contributed by atoms with Crippen LogP contribution in [0.4, 0.5) is 0 Å². The van der Waals surface area contributed by atoms with Crippen molar-refractivity contribution in [2.75, 3.05) is 6.54 Å². The van der Waals surface area contributed by atoms with Gasteiger partial charge in [0.1, 0.15) is 13.2 Å². The Labute approximate surface area is 140 Å². The van der Waals surface area contributed by atoms with Gasteiger partial charge in [0.15, 0.2) is 0 Å². The molecule has 0 atom stereocenters. The average Bonchev–Trinajstić information content (AvgIpc) is 2.54. The minimum absolute atomic E-state index is 0.0385. The van der Waals surface area contributed by atoms with Crippen LogP contribution in [0.1, 0.15) is 37.7 Å². The Morgan fingerprint density at radius 3 is 2.55 bits per heavy atom. The summed E-state index contributed by atoms with van der Waals surface area (Å²) in [7, 11) is 0. The topological polar surface area (TPSA) is 55.4 Å². The number of carbonyl (C=O) groups excluding carboxylic acids is 2. The predicted molar refractivity (Wildman–Crippen MR) is 85.8 cm³/mol. The second kappa shape index (κ2) is 8.39. The van der Waals surface area contributed by atoms with Crippen molar-refractivity contribution in [3.63, 3.8) is 0 Å². The summed E-state index contributed by atoms with van der Waals surface area (Å²) in [4.78, 5) is 23.6. The fourth-order valence-corrected chi connectivity index (χ4v) is 2.83. The van der Waals surface area contributed by atoms with Gasteiger partial charge in [-0.3, -0.25) is 9.59 Å². The van der Waals surface area contributed by atoms with Crippen LogP contribution in [-0.2, 0) is 20.9 Å². The van der Waals surface area contributed by atoms with Crippen molar-refractivity contribution in [3.05, 3.63) is 33.8 Å². The molecule has 120 valence electrons. The number of amides is 1. The fraction of sp³-hybridized carbons (Fsp3) is 0.500. The molecule has 0 aromatic heterocycles. The Hall–Kier alpha value is -1.26. The largest absolute Gasteiger partial charge is 0.460 e. The van der Waals surface area contributed by atoms with E-state index in [-0.39, 0.29) is 25.0 Å². The van der Waals surface area contributed by atoms with Crippen LogP contribution in [0.3, 0.4) is 0 Å². The highest BCUT2D eigenvalue weighted by atomic mass is 35.5. The quantitative estimate of drug-likeness (QED) is 0.828. The number of rotatable bonds is 5. The molecule has 0 radical (unpaired) electrons. The molecule has 0 unspecified atom stereocenters. The second-order valence-corrected chi connectivity index (χ2v) is 6.28. The Kier molecular flexibility index (Phi) is 6.52. The van der Waals surface area contributed by atoms with Crippen LogP contribution in [0.2, 0.25) is 10.0 Å². The number of carbonyl (C=O) groups is 2. The summed E-state index contributed by atoms with van der Waals surface area (Å²) in [5, 5.41) is 3.52. The molecule has 1 N–H and O–H groups in total. The standard InChI is InChI=1S/C16H19Cl2NO3/c17-13-7-6-11(8-14(13)18)10-22-15(20)9-19-16(21)12-4-2-1-3-5-12/h6-8,12H,1-5,9-10H2,(H,19,21). The first kappa shape index (κ1) is 17.1. The highest BCUT2D eigenvalue weighted by Gasteiger charge is 2.21. The maximum atomic E-state index is 11.9. The van der Waals surface area contributed by atoms with Gasteiger partial charge in [0.05, 0.1) is 10.0 Å². The van der Waals surface area contributed by atoms with Gasteiger partial charge >= 0.3 is 5.97 Å². The van der Waals surface area contributed by atoms with Crippen molar-refractivity contribution in [1.82, 2.24) is 5.32 Å². The molecule has 1 aromatic carbocycles. The normalized spacial score (nSPS) is 15.4. The highest BCUT2D eigenvalue weighted by Crippen LogP contribution is 2.24. The van der Waals surface area contributed by atoms with Gasteiger partial charge in [0.2, 0.25) is 5.91 Å². The van der Waals surface area contributed by atoms with Crippen LogP contribution in [0.15, 0.2) is 18.2 Å². The lowest BCUT2D eigenvalue weighted by atomic mass is 9.89. The predicted octanol–water partition coefficient (Wildman–Crippen LogP) is 3.73. The fourth-order valence-electron chi connectivity index (χ4n) is 2.51. The molecule has 22 heavy (non-hydrogen) atoms. The van der Waals surface area contributed by atoms with Crippen LogP contribution >= 0.6 is 23.2 Å². The van der Waals surface area contributed by atoms with Gasteiger partial charge in [-0.05, 0) is 30.5 Å². The van der Waals surface area contributed by atoms with E-state index in [4.69, 9.17) is 27.9 Å². The molecule has 1 amide bonds. The molecule has 0 heterocycles. The first-order valence-corrected chi connectivity index (χ1v) is 8.19. The lowest BCUT2D eigenvalue weighted by Gasteiger charge is -2.20. The number of hydrogen-bond donors (Lipinski definition) is 1. The summed E-state index contributed by atoms with van der Waals surface area (Å²) in [6, 6.07) is 5.04. The minimum Gasteiger partial charge on any atom is -0.460 e. The van der Waals surface area contributed by atoms with Gasteiger partial charge in [-0.1, -0.05) is 48.5 Å². The first-order valence-electron chi connectivity index (χ1n) is 7.43. The molecule has 0 spiro atoms. The SMILES string of the molecule is O=C(CNC(=O)C1CCCCC1)OCc1ccc(Cl)c(Cl)c1. The van der Waals surface area contributed by atoms with E-state index in [1.54, 1.807) is 18.2 Å². The number of esters is 1. The molecule has 0 saturated heterocycles. The molecule has 4 nitrogen and oxygen atoms in total. The van der Waals surface area contributed by atoms with E-state index in [9.17, 15) is 9.59 Å². The zero-order valence-corrected chi connectivity index (χ0v) is 13.8. The first-order chi connectivity index (χ1) is 10.6. The summed E-state index contributed by atoms with van der Waals surface area (Å²) in [6.07, 6.45) is 5.17. The van der Waals surface area contributed by atoms with E-state index in [0.717, 1.165) is 31.2 Å². The molecular weight excluding hydrogens is 325 g/mol. The van der Waals surface area contributed by atoms with E-state index >= 15 is 0 Å². The van der Waals surface area contributed by atoms with Crippen molar-refractivity contribution in [2.24, 2.45) is 5.92 Å².